The van der Waals surface area contributed by atoms with Gasteiger partial charge in [-0.1, -0.05) is 17.7 Å². The van der Waals surface area contributed by atoms with Gasteiger partial charge in [0.1, 0.15) is 11.4 Å². The highest BCUT2D eigenvalue weighted by molar-refractivity contribution is 6.30. The van der Waals surface area contributed by atoms with Gasteiger partial charge in [-0.05, 0) is 36.6 Å². The molecule has 114 valence electrons. The fraction of sp³-hybridized carbons (Fsp3) is 0.200. The van der Waals surface area contributed by atoms with Gasteiger partial charge in [-0.25, -0.2) is 8.78 Å². The summed E-state index contributed by atoms with van der Waals surface area (Å²) >= 11 is 5.64. The monoisotopic (exact) mass is 325 g/mol. The molecule has 2 aromatic carbocycles. The van der Waals surface area contributed by atoms with E-state index in [1.807, 2.05) is 0 Å². The Bertz CT molecular complexity index is 762. The molecule has 0 aliphatic heterocycles. The van der Waals surface area contributed by atoms with Crippen molar-refractivity contribution >= 4 is 17.3 Å². The Kier molecular flexibility index (Phi) is 3.48. The first-order chi connectivity index (χ1) is 10.4. The number of nitro groups is 1. The Hall–Kier alpha value is -2.21. The summed E-state index contributed by atoms with van der Waals surface area (Å²) in [6, 6.07) is 7.48. The number of non-ortho nitro benzene ring substituents is 1. The van der Waals surface area contributed by atoms with Gasteiger partial charge in [-0.2, -0.15) is 0 Å². The van der Waals surface area contributed by atoms with Gasteiger partial charge in [-0.3, -0.25) is 10.1 Å². The van der Waals surface area contributed by atoms with Crippen LogP contribution in [-0.2, 0) is 5.60 Å². The molecule has 1 aliphatic carbocycles. The smallest absolute Gasteiger partial charge is 0.272 e. The molecule has 0 aromatic heterocycles. The number of hydrogen-bond acceptors (Lipinski definition) is 3. The van der Waals surface area contributed by atoms with E-state index in [4.69, 9.17) is 16.3 Å². The molecule has 0 saturated heterocycles. The molecule has 1 aliphatic rings. The Morgan fingerprint density at radius 2 is 1.86 bits per heavy atom. The lowest BCUT2D eigenvalue weighted by Crippen LogP contribution is -2.16. The van der Waals surface area contributed by atoms with E-state index >= 15 is 0 Å². The van der Waals surface area contributed by atoms with Gasteiger partial charge in [0.2, 0.25) is 0 Å². The van der Waals surface area contributed by atoms with Crippen LogP contribution in [0.3, 0.4) is 0 Å². The van der Waals surface area contributed by atoms with Crippen LogP contribution >= 0.6 is 11.6 Å². The minimum Gasteiger partial charge on any atom is -0.479 e. The van der Waals surface area contributed by atoms with Crippen molar-refractivity contribution in [2.45, 2.75) is 18.4 Å². The third-order valence-corrected chi connectivity index (χ3v) is 3.89. The molecule has 3 rings (SSSR count). The van der Waals surface area contributed by atoms with E-state index in [1.54, 1.807) is 6.07 Å². The van der Waals surface area contributed by atoms with E-state index < -0.39 is 22.2 Å². The van der Waals surface area contributed by atoms with Crippen LogP contribution in [0.2, 0.25) is 5.02 Å². The van der Waals surface area contributed by atoms with Crippen LogP contribution in [-0.4, -0.2) is 4.92 Å². The highest BCUT2D eigenvalue weighted by Crippen LogP contribution is 2.50. The summed E-state index contributed by atoms with van der Waals surface area (Å²) in [7, 11) is 0. The first-order valence-corrected chi connectivity index (χ1v) is 6.88. The Morgan fingerprint density at radius 3 is 2.41 bits per heavy atom. The van der Waals surface area contributed by atoms with Gasteiger partial charge in [0, 0.05) is 6.07 Å². The lowest BCUT2D eigenvalue weighted by atomic mass is 10.1. The normalized spacial score (nSPS) is 15.4. The molecule has 1 fully saturated rings. The van der Waals surface area contributed by atoms with Crippen molar-refractivity contribution in [3.63, 3.8) is 0 Å². The first kappa shape index (κ1) is 14.7. The van der Waals surface area contributed by atoms with Crippen LogP contribution in [0, 0.1) is 21.7 Å². The lowest BCUT2D eigenvalue weighted by Gasteiger charge is -2.19. The topological polar surface area (TPSA) is 52.4 Å². The van der Waals surface area contributed by atoms with Crippen LogP contribution in [0.4, 0.5) is 14.5 Å². The number of benzene rings is 2. The van der Waals surface area contributed by atoms with Crippen molar-refractivity contribution in [1.29, 1.82) is 0 Å². The predicted molar refractivity (Wildman–Crippen MR) is 76.0 cm³/mol. The Morgan fingerprint density at radius 1 is 1.14 bits per heavy atom. The average Bonchev–Trinajstić information content (AvgIpc) is 3.25. The molecule has 22 heavy (non-hydrogen) atoms. The standard InChI is InChI=1S/C15H10ClF2NO3/c16-11-3-1-9(7-12(11)17)15(5-6-15)22-14-4-2-10(19(20)21)8-13(14)18/h1-4,7-8H,5-6H2. The van der Waals surface area contributed by atoms with E-state index in [0.29, 0.717) is 18.4 Å². The molecule has 7 heteroatoms. The third kappa shape index (κ3) is 2.62. The van der Waals surface area contributed by atoms with Gasteiger partial charge in [-0.15, -0.1) is 0 Å². The van der Waals surface area contributed by atoms with Crippen molar-refractivity contribution < 1.29 is 18.4 Å². The minimum atomic E-state index is -0.824. The zero-order valence-corrected chi connectivity index (χ0v) is 11.9. The number of hydrogen-bond donors (Lipinski definition) is 0. The fourth-order valence-electron chi connectivity index (χ4n) is 2.24. The summed E-state index contributed by atoms with van der Waals surface area (Å²) in [6.07, 6.45) is 1.20. The molecular formula is C15H10ClF2NO3. The molecule has 2 aromatic rings. The maximum absolute atomic E-state index is 13.9. The molecule has 0 atom stereocenters. The van der Waals surface area contributed by atoms with Crippen LogP contribution in [0.1, 0.15) is 18.4 Å². The largest absolute Gasteiger partial charge is 0.479 e. The predicted octanol–water partition coefficient (Wildman–Crippen LogP) is 4.59. The van der Waals surface area contributed by atoms with Crippen molar-refractivity contribution in [2.24, 2.45) is 0 Å². The van der Waals surface area contributed by atoms with Crippen molar-refractivity contribution in [3.05, 3.63) is 68.7 Å². The highest BCUT2D eigenvalue weighted by atomic mass is 35.5. The fourth-order valence-corrected chi connectivity index (χ4v) is 2.36. The van der Waals surface area contributed by atoms with E-state index in [0.717, 1.165) is 12.1 Å². The first-order valence-electron chi connectivity index (χ1n) is 6.50. The molecule has 4 nitrogen and oxygen atoms in total. The average molecular weight is 326 g/mol. The number of nitrogens with zero attached hydrogens (tertiary/aromatic N) is 1. The number of nitro benzene ring substituents is 1. The second-order valence-electron chi connectivity index (χ2n) is 5.10. The molecule has 0 amide bonds. The van der Waals surface area contributed by atoms with Gasteiger partial charge >= 0.3 is 0 Å². The maximum atomic E-state index is 13.9. The number of ether oxygens (including phenoxy) is 1. The van der Waals surface area contributed by atoms with Crippen molar-refractivity contribution in [3.8, 4) is 5.75 Å². The summed E-state index contributed by atoms with van der Waals surface area (Å²) in [4.78, 5) is 9.91. The molecule has 0 unspecified atom stereocenters. The van der Waals surface area contributed by atoms with Crippen molar-refractivity contribution in [2.75, 3.05) is 0 Å². The van der Waals surface area contributed by atoms with E-state index in [9.17, 15) is 18.9 Å². The van der Waals surface area contributed by atoms with Gasteiger partial charge in [0.15, 0.2) is 11.6 Å². The third-order valence-electron chi connectivity index (χ3n) is 3.58. The van der Waals surface area contributed by atoms with Crippen LogP contribution in [0.25, 0.3) is 0 Å². The van der Waals surface area contributed by atoms with Gasteiger partial charge < -0.3 is 4.74 Å². The van der Waals surface area contributed by atoms with Crippen LogP contribution in [0.5, 0.6) is 5.75 Å². The zero-order chi connectivity index (χ0) is 15.9. The summed E-state index contributed by atoms with van der Waals surface area (Å²) in [5.74, 6) is -1.49. The van der Waals surface area contributed by atoms with Gasteiger partial charge in [0.25, 0.3) is 5.69 Å². The SMILES string of the molecule is O=[N+]([O-])c1ccc(OC2(c3ccc(Cl)c(F)c3)CC2)c(F)c1. The van der Waals surface area contributed by atoms with Gasteiger partial charge in [0.05, 0.1) is 16.0 Å². The van der Waals surface area contributed by atoms with E-state index in [2.05, 4.69) is 0 Å². The lowest BCUT2D eigenvalue weighted by molar-refractivity contribution is -0.385. The number of rotatable bonds is 4. The molecule has 0 heterocycles. The molecule has 0 bridgehead atoms. The molecular weight excluding hydrogens is 316 g/mol. The Labute approximate surface area is 129 Å². The van der Waals surface area contributed by atoms with Crippen molar-refractivity contribution in [1.82, 2.24) is 0 Å². The molecule has 0 N–H and O–H groups in total. The molecule has 1 saturated carbocycles. The Balaban J connectivity index is 1.89. The van der Waals surface area contributed by atoms with E-state index in [-0.39, 0.29) is 16.5 Å². The van der Waals surface area contributed by atoms with E-state index in [1.165, 1.54) is 18.2 Å². The maximum Gasteiger partial charge on any atom is 0.272 e. The van der Waals surface area contributed by atoms with Crippen LogP contribution in [0.15, 0.2) is 36.4 Å². The zero-order valence-electron chi connectivity index (χ0n) is 11.2. The second-order valence-corrected chi connectivity index (χ2v) is 5.50. The summed E-state index contributed by atoms with van der Waals surface area (Å²) in [6.45, 7) is 0. The summed E-state index contributed by atoms with van der Waals surface area (Å²) in [5, 5.41) is 10.6. The highest BCUT2D eigenvalue weighted by Gasteiger charge is 2.48. The molecule has 0 spiro atoms. The quantitative estimate of drug-likeness (QED) is 0.610. The molecule has 0 radical (unpaired) electrons. The summed E-state index contributed by atoms with van der Waals surface area (Å²) < 4.78 is 33.1. The number of halogens is 3. The second kappa shape index (κ2) is 5.21. The van der Waals surface area contributed by atoms with Crippen LogP contribution < -0.4 is 4.74 Å². The minimum absolute atomic E-state index is 0.000987. The summed E-state index contributed by atoms with van der Waals surface area (Å²) in [5.41, 5.74) is -0.595.